The summed E-state index contributed by atoms with van der Waals surface area (Å²) < 4.78 is 0. The molecular weight excluding hydrogens is 192 g/mol. The van der Waals surface area contributed by atoms with Crippen LogP contribution in [0, 0.1) is 12.8 Å². The average Bonchev–Trinajstić information content (AvgIpc) is 2.28. The molecular formula is C16H33. The van der Waals surface area contributed by atoms with Crippen LogP contribution in [0.1, 0.15) is 90.9 Å². The van der Waals surface area contributed by atoms with Crippen molar-refractivity contribution in [1.82, 2.24) is 0 Å². The Kier molecular flexibility index (Phi) is 13.1. The Morgan fingerprint density at radius 1 is 0.750 bits per heavy atom. The van der Waals surface area contributed by atoms with Gasteiger partial charge >= 0.3 is 0 Å². The van der Waals surface area contributed by atoms with E-state index in [1.807, 2.05) is 0 Å². The van der Waals surface area contributed by atoms with Gasteiger partial charge in [0.25, 0.3) is 0 Å². The van der Waals surface area contributed by atoms with Gasteiger partial charge < -0.3 is 0 Å². The molecule has 97 valence electrons. The van der Waals surface area contributed by atoms with Gasteiger partial charge in [0.15, 0.2) is 0 Å². The van der Waals surface area contributed by atoms with Gasteiger partial charge in [-0.2, -0.15) is 0 Å². The van der Waals surface area contributed by atoms with Crippen LogP contribution < -0.4 is 0 Å². The molecule has 0 aromatic carbocycles. The van der Waals surface area contributed by atoms with E-state index in [4.69, 9.17) is 0 Å². The van der Waals surface area contributed by atoms with Crippen LogP contribution >= 0.6 is 0 Å². The Morgan fingerprint density at radius 2 is 1.25 bits per heavy atom. The summed E-state index contributed by atoms with van der Waals surface area (Å²) in [7, 11) is 0. The normalized spacial score (nSPS) is 12.9. The average molecular weight is 225 g/mol. The van der Waals surface area contributed by atoms with Crippen LogP contribution in [-0.2, 0) is 0 Å². The first kappa shape index (κ1) is 16.0. The van der Waals surface area contributed by atoms with E-state index < -0.39 is 0 Å². The van der Waals surface area contributed by atoms with E-state index in [1.54, 1.807) is 0 Å². The number of rotatable bonds is 12. The second-order valence-electron chi connectivity index (χ2n) is 5.36. The van der Waals surface area contributed by atoms with Gasteiger partial charge in [-0.1, -0.05) is 97.8 Å². The fourth-order valence-corrected chi connectivity index (χ4v) is 2.26. The Bertz CT molecular complexity index is 117. The summed E-state index contributed by atoms with van der Waals surface area (Å²) in [6.45, 7) is 8.60. The maximum Gasteiger partial charge on any atom is -0.0443 e. The zero-order chi connectivity index (χ0) is 12.1. The maximum absolute atomic E-state index is 3.89. The molecule has 0 saturated carbocycles. The van der Waals surface area contributed by atoms with E-state index in [9.17, 15) is 0 Å². The molecule has 0 rings (SSSR count). The molecule has 0 N–H and O–H groups in total. The lowest BCUT2D eigenvalue weighted by molar-refractivity contribution is 0.438. The highest BCUT2D eigenvalue weighted by atomic mass is 14.1. The largest absolute Gasteiger partial charge is 0.0654 e. The van der Waals surface area contributed by atoms with Crippen molar-refractivity contribution >= 4 is 0 Å². The highest BCUT2D eigenvalue weighted by Crippen LogP contribution is 2.17. The van der Waals surface area contributed by atoms with E-state index in [2.05, 4.69) is 20.8 Å². The van der Waals surface area contributed by atoms with Crippen molar-refractivity contribution in [2.24, 2.45) is 5.92 Å². The maximum atomic E-state index is 3.89. The zero-order valence-corrected chi connectivity index (χ0v) is 11.8. The summed E-state index contributed by atoms with van der Waals surface area (Å²) >= 11 is 0. The standard InChI is InChI=1S/C16H33/c1-4-6-8-9-10-11-13-15-16(3)14-12-7-5-2/h16H,2,4-15H2,1,3H3. The van der Waals surface area contributed by atoms with Crippen molar-refractivity contribution in [3.63, 3.8) is 0 Å². The van der Waals surface area contributed by atoms with Crippen molar-refractivity contribution in [3.8, 4) is 0 Å². The van der Waals surface area contributed by atoms with Crippen molar-refractivity contribution in [2.45, 2.75) is 90.9 Å². The quantitative estimate of drug-likeness (QED) is 0.349. The van der Waals surface area contributed by atoms with Gasteiger partial charge in [0.05, 0.1) is 0 Å². The first-order valence-corrected chi connectivity index (χ1v) is 7.60. The van der Waals surface area contributed by atoms with E-state index in [0.717, 1.165) is 12.3 Å². The monoisotopic (exact) mass is 225 g/mol. The predicted molar refractivity (Wildman–Crippen MR) is 75.6 cm³/mol. The van der Waals surface area contributed by atoms with Crippen LogP contribution in [0.15, 0.2) is 0 Å². The Morgan fingerprint density at radius 3 is 1.81 bits per heavy atom. The molecule has 0 aromatic rings. The second kappa shape index (κ2) is 13.1. The van der Waals surface area contributed by atoms with Gasteiger partial charge in [0, 0.05) is 0 Å². The Hall–Kier alpha value is 0. The first-order valence-electron chi connectivity index (χ1n) is 7.60. The smallest absolute Gasteiger partial charge is 0.0443 e. The molecule has 0 aliphatic carbocycles. The van der Waals surface area contributed by atoms with Gasteiger partial charge in [-0.25, -0.2) is 0 Å². The molecule has 0 aliphatic rings. The summed E-state index contributed by atoms with van der Waals surface area (Å²) in [5, 5.41) is 0. The molecule has 0 nitrogen and oxygen atoms in total. The van der Waals surface area contributed by atoms with Crippen LogP contribution in [0.4, 0.5) is 0 Å². The van der Waals surface area contributed by atoms with Gasteiger partial charge in [-0.15, -0.1) is 0 Å². The van der Waals surface area contributed by atoms with Crippen LogP contribution in [0.5, 0.6) is 0 Å². The minimum Gasteiger partial charge on any atom is -0.0654 e. The molecule has 0 saturated heterocycles. The molecule has 0 spiro atoms. The molecule has 0 amide bonds. The van der Waals surface area contributed by atoms with Crippen molar-refractivity contribution in [2.75, 3.05) is 0 Å². The molecule has 1 radical (unpaired) electrons. The summed E-state index contributed by atoms with van der Waals surface area (Å²) in [6.07, 6.45) is 16.8. The van der Waals surface area contributed by atoms with Crippen LogP contribution in [0.3, 0.4) is 0 Å². The zero-order valence-electron chi connectivity index (χ0n) is 11.8. The molecule has 0 heterocycles. The minimum absolute atomic E-state index is 0.946. The predicted octanol–water partition coefficient (Wildman–Crippen LogP) is 6.16. The van der Waals surface area contributed by atoms with Crippen molar-refractivity contribution < 1.29 is 0 Å². The summed E-state index contributed by atoms with van der Waals surface area (Å²) in [4.78, 5) is 0. The Balaban J connectivity index is 3.06. The van der Waals surface area contributed by atoms with Crippen LogP contribution in [-0.4, -0.2) is 0 Å². The fraction of sp³-hybridized carbons (Fsp3) is 0.938. The molecule has 0 aliphatic heterocycles. The first-order chi connectivity index (χ1) is 7.81. The molecule has 0 aromatic heterocycles. The lowest BCUT2D eigenvalue weighted by Crippen LogP contribution is -1.94. The molecule has 0 fully saturated rings. The number of hydrogen-bond donors (Lipinski definition) is 0. The second-order valence-corrected chi connectivity index (χ2v) is 5.36. The molecule has 16 heavy (non-hydrogen) atoms. The highest BCUT2D eigenvalue weighted by molar-refractivity contribution is 4.55. The van der Waals surface area contributed by atoms with E-state index in [-0.39, 0.29) is 0 Å². The van der Waals surface area contributed by atoms with Crippen molar-refractivity contribution in [1.29, 1.82) is 0 Å². The summed E-state index contributed by atoms with van der Waals surface area (Å²) in [6, 6.07) is 0. The lowest BCUT2D eigenvalue weighted by atomic mass is 9.96. The van der Waals surface area contributed by atoms with Crippen LogP contribution in [0.2, 0.25) is 0 Å². The third kappa shape index (κ3) is 12.1. The van der Waals surface area contributed by atoms with Gasteiger partial charge in [0.2, 0.25) is 0 Å². The molecule has 0 heteroatoms. The SMILES string of the molecule is [CH2]CCCCC(C)CCCCCCCCC. The van der Waals surface area contributed by atoms with Gasteiger partial charge in [0.1, 0.15) is 0 Å². The third-order valence-electron chi connectivity index (χ3n) is 3.50. The number of unbranched alkanes of at least 4 members (excludes halogenated alkanes) is 8. The molecule has 1 atom stereocenters. The van der Waals surface area contributed by atoms with Gasteiger partial charge in [-0.3, -0.25) is 0 Å². The number of hydrogen-bond acceptors (Lipinski definition) is 0. The van der Waals surface area contributed by atoms with Crippen LogP contribution in [0.25, 0.3) is 0 Å². The fourth-order valence-electron chi connectivity index (χ4n) is 2.26. The van der Waals surface area contributed by atoms with Crippen molar-refractivity contribution in [3.05, 3.63) is 6.92 Å². The van der Waals surface area contributed by atoms with E-state index in [1.165, 1.54) is 70.6 Å². The lowest BCUT2D eigenvalue weighted by Gasteiger charge is -2.10. The third-order valence-corrected chi connectivity index (χ3v) is 3.50. The van der Waals surface area contributed by atoms with Gasteiger partial charge in [-0.05, 0) is 5.92 Å². The topological polar surface area (TPSA) is 0 Å². The molecule has 1 unspecified atom stereocenters. The summed E-state index contributed by atoms with van der Waals surface area (Å²) in [5.74, 6) is 0.946. The summed E-state index contributed by atoms with van der Waals surface area (Å²) in [5.41, 5.74) is 0. The highest BCUT2D eigenvalue weighted by Gasteiger charge is 2.01. The van der Waals surface area contributed by atoms with E-state index in [0.29, 0.717) is 0 Å². The van der Waals surface area contributed by atoms with E-state index >= 15 is 0 Å². The molecule has 0 bridgehead atoms. The Labute approximate surface area is 104 Å². The minimum atomic E-state index is 0.946.